The summed E-state index contributed by atoms with van der Waals surface area (Å²) in [7, 11) is 4.11. The Morgan fingerprint density at radius 2 is 2.00 bits per heavy atom. The lowest BCUT2D eigenvalue weighted by atomic mass is 10.2. The van der Waals surface area contributed by atoms with Crippen molar-refractivity contribution in [1.82, 2.24) is 19.8 Å². The van der Waals surface area contributed by atoms with Crippen LogP contribution >= 0.6 is 23.2 Å². The topological polar surface area (TPSA) is 50.2 Å². The van der Waals surface area contributed by atoms with Gasteiger partial charge in [-0.15, -0.1) is 0 Å². The zero-order valence-corrected chi connectivity index (χ0v) is 18.0. The number of imidazole rings is 1. The van der Waals surface area contributed by atoms with Crippen LogP contribution in [0.2, 0.25) is 10.0 Å². The second kappa shape index (κ2) is 9.92. The molecule has 0 aliphatic heterocycles. The van der Waals surface area contributed by atoms with Crippen molar-refractivity contribution in [3.63, 3.8) is 0 Å². The maximum absolute atomic E-state index is 12.2. The predicted octanol–water partition coefficient (Wildman–Crippen LogP) is 4.28. The number of nitrogens with zero attached hydrogens (tertiary/aromatic N) is 3. The number of likely N-dealkylation sites (N-methyl/N-ethyl adjacent to an activating group) is 1. The fourth-order valence-electron chi connectivity index (χ4n) is 3.02. The predicted molar refractivity (Wildman–Crippen MR) is 120 cm³/mol. The third-order valence-corrected chi connectivity index (χ3v) is 5.09. The number of rotatable bonds is 8. The van der Waals surface area contributed by atoms with E-state index in [-0.39, 0.29) is 5.91 Å². The molecule has 1 aromatic heterocycles. The minimum Gasteiger partial charge on any atom is -0.352 e. The molecule has 0 saturated heterocycles. The lowest BCUT2D eigenvalue weighted by Gasteiger charge is -2.13. The van der Waals surface area contributed by atoms with E-state index in [1.54, 1.807) is 24.3 Å². The van der Waals surface area contributed by atoms with Crippen LogP contribution in [-0.2, 0) is 17.8 Å². The summed E-state index contributed by atoms with van der Waals surface area (Å²) in [4.78, 5) is 19.0. The number of para-hydroxylation sites is 2. The summed E-state index contributed by atoms with van der Waals surface area (Å²) in [6.07, 6.45) is 3.81. The van der Waals surface area contributed by atoms with Gasteiger partial charge in [0, 0.05) is 42.2 Å². The van der Waals surface area contributed by atoms with E-state index in [2.05, 4.69) is 34.9 Å². The number of hydrogen-bond donors (Lipinski definition) is 1. The molecular weight excluding hydrogens is 407 g/mol. The molecule has 0 aliphatic carbocycles. The summed E-state index contributed by atoms with van der Waals surface area (Å²) in [5, 5.41) is 3.98. The molecule has 152 valence electrons. The van der Waals surface area contributed by atoms with E-state index in [9.17, 15) is 4.79 Å². The Balaban J connectivity index is 1.62. The van der Waals surface area contributed by atoms with Crippen molar-refractivity contribution in [2.75, 3.05) is 27.2 Å². The van der Waals surface area contributed by atoms with Crippen molar-refractivity contribution >= 4 is 46.2 Å². The Hall–Kier alpha value is -2.34. The first kappa shape index (κ1) is 21.4. The molecule has 0 spiro atoms. The number of nitrogens with one attached hydrogen (secondary N) is 1. The third-order valence-electron chi connectivity index (χ3n) is 4.53. The van der Waals surface area contributed by atoms with Gasteiger partial charge in [0.15, 0.2) is 0 Å². The van der Waals surface area contributed by atoms with E-state index in [1.165, 1.54) is 6.08 Å². The first-order valence-electron chi connectivity index (χ1n) is 9.44. The Morgan fingerprint density at radius 1 is 1.21 bits per heavy atom. The second-order valence-corrected chi connectivity index (χ2v) is 7.86. The molecule has 0 fully saturated rings. The van der Waals surface area contributed by atoms with Gasteiger partial charge in [-0.1, -0.05) is 41.4 Å². The van der Waals surface area contributed by atoms with Crippen LogP contribution in [0.3, 0.4) is 0 Å². The Labute approximate surface area is 180 Å². The van der Waals surface area contributed by atoms with Crippen LogP contribution in [0.1, 0.15) is 11.4 Å². The fourth-order valence-corrected chi connectivity index (χ4v) is 3.50. The summed E-state index contributed by atoms with van der Waals surface area (Å²) in [6.45, 7) is 2.28. The van der Waals surface area contributed by atoms with Crippen LogP contribution in [0.15, 0.2) is 48.5 Å². The van der Waals surface area contributed by atoms with Crippen molar-refractivity contribution in [3.8, 4) is 0 Å². The largest absolute Gasteiger partial charge is 0.352 e. The Bertz CT molecular complexity index is 1030. The quantitative estimate of drug-likeness (QED) is 0.542. The lowest BCUT2D eigenvalue weighted by Crippen LogP contribution is -2.25. The van der Waals surface area contributed by atoms with E-state index in [0.717, 1.165) is 35.5 Å². The molecule has 5 nitrogen and oxygen atoms in total. The highest BCUT2D eigenvalue weighted by Gasteiger charge is 2.10. The summed E-state index contributed by atoms with van der Waals surface area (Å²) in [5.41, 5.74) is 2.84. The fraction of sp³-hybridized carbons (Fsp3) is 0.273. The molecular formula is C22H24Cl2N4O. The van der Waals surface area contributed by atoms with Gasteiger partial charge < -0.3 is 14.8 Å². The van der Waals surface area contributed by atoms with Gasteiger partial charge in [0.2, 0.25) is 5.91 Å². The average molecular weight is 431 g/mol. The first-order chi connectivity index (χ1) is 13.9. The molecule has 0 radical (unpaired) electrons. The molecule has 3 rings (SSSR count). The molecule has 1 heterocycles. The third kappa shape index (κ3) is 5.82. The van der Waals surface area contributed by atoms with Gasteiger partial charge in [0.1, 0.15) is 5.82 Å². The monoisotopic (exact) mass is 430 g/mol. The van der Waals surface area contributed by atoms with Crippen LogP contribution in [0.4, 0.5) is 0 Å². The van der Waals surface area contributed by atoms with Crippen LogP contribution in [0, 0.1) is 0 Å². The second-order valence-electron chi connectivity index (χ2n) is 7.01. The van der Waals surface area contributed by atoms with E-state index >= 15 is 0 Å². The van der Waals surface area contributed by atoms with Crippen molar-refractivity contribution in [1.29, 1.82) is 0 Å². The highest BCUT2D eigenvalue weighted by Crippen LogP contribution is 2.22. The van der Waals surface area contributed by atoms with Gasteiger partial charge in [-0.05, 0) is 50.0 Å². The number of hydrogen-bond acceptors (Lipinski definition) is 3. The van der Waals surface area contributed by atoms with Crippen molar-refractivity contribution in [2.45, 2.75) is 13.0 Å². The van der Waals surface area contributed by atoms with Crippen LogP contribution in [0.25, 0.3) is 17.1 Å². The van der Waals surface area contributed by atoms with Gasteiger partial charge >= 0.3 is 0 Å². The van der Waals surface area contributed by atoms with Gasteiger partial charge in [0.05, 0.1) is 11.0 Å². The maximum atomic E-state index is 12.2. The van der Waals surface area contributed by atoms with Gasteiger partial charge in [-0.3, -0.25) is 4.79 Å². The zero-order chi connectivity index (χ0) is 20.8. The minimum atomic E-state index is -0.174. The van der Waals surface area contributed by atoms with Crippen LogP contribution in [-0.4, -0.2) is 47.5 Å². The number of carbonyl (C=O) groups excluding carboxylic acids is 1. The van der Waals surface area contributed by atoms with Gasteiger partial charge in [-0.2, -0.15) is 0 Å². The molecule has 0 aliphatic rings. The van der Waals surface area contributed by atoms with E-state index in [4.69, 9.17) is 28.2 Å². The smallest absolute Gasteiger partial charge is 0.244 e. The Kier molecular flexibility index (Phi) is 7.31. The number of amides is 1. The van der Waals surface area contributed by atoms with E-state index in [0.29, 0.717) is 23.0 Å². The van der Waals surface area contributed by atoms with Gasteiger partial charge in [-0.25, -0.2) is 4.98 Å². The molecule has 0 bridgehead atoms. The van der Waals surface area contributed by atoms with Crippen molar-refractivity contribution in [3.05, 3.63) is 70.0 Å². The molecule has 29 heavy (non-hydrogen) atoms. The number of aromatic nitrogens is 2. The molecule has 3 aromatic rings. The highest BCUT2D eigenvalue weighted by molar-refractivity contribution is 6.35. The van der Waals surface area contributed by atoms with Crippen molar-refractivity contribution < 1.29 is 4.79 Å². The van der Waals surface area contributed by atoms with Crippen molar-refractivity contribution in [2.24, 2.45) is 0 Å². The van der Waals surface area contributed by atoms with E-state index in [1.807, 2.05) is 18.2 Å². The summed E-state index contributed by atoms with van der Waals surface area (Å²) >= 11 is 12.0. The number of benzene rings is 2. The highest BCUT2D eigenvalue weighted by atomic mass is 35.5. The maximum Gasteiger partial charge on any atom is 0.244 e. The molecule has 2 aromatic carbocycles. The molecule has 0 atom stereocenters. The Morgan fingerprint density at radius 3 is 2.76 bits per heavy atom. The van der Waals surface area contributed by atoms with Gasteiger partial charge in [0.25, 0.3) is 0 Å². The summed E-state index contributed by atoms with van der Waals surface area (Å²) < 4.78 is 2.23. The molecule has 1 N–H and O–H groups in total. The number of carbonyl (C=O) groups is 1. The minimum absolute atomic E-state index is 0.174. The molecule has 1 amide bonds. The van der Waals surface area contributed by atoms with Crippen LogP contribution < -0.4 is 5.32 Å². The summed E-state index contributed by atoms with van der Waals surface area (Å²) in [6, 6.07) is 13.3. The molecule has 0 unspecified atom stereocenters. The van der Waals surface area contributed by atoms with E-state index < -0.39 is 0 Å². The SMILES string of the molecule is CN(C)CCn1c(CCNC(=O)/C=C/c2ccc(Cl)cc2Cl)nc2ccccc21. The first-order valence-corrected chi connectivity index (χ1v) is 10.2. The number of halogens is 2. The van der Waals surface area contributed by atoms with Crippen LogP contribution in [0.5, 0.6) is 0 Å². The average Bonchev–Trinajstić information content (AvgIpc) is 3.03. The normalized spacial score (nSPS) is 11.6. The lowest BCUT2D eigenvalue weighted by molar-refractivity contribution is -0.116. The molecule has 0 saturated carbocycles. The zero-order valence-electron chi connectivity index (χ0n) is 16.5. The summed E-state index contributed by atoms with van der Waals surface area (Å²) in [5.74, 6) is 0.796. The molecule has 7 heteroatoms. The standard InChI is InChI=1S/C22H24Cl2N4O/c1-27(2)13-14-28-20-6-4-3-5-19(20)26-21(28)11-12-25-22(29)10-8-16-7-9-17(23)15-18(16)24/h3-10,15H,11-14H2,1-2H3,(H,25,29)/b10-8+. The number of fused-ring (bicyclic) bond motifs is 1.